The minimum absolute atomic E-state index is 0.108. The maximum atomic E-state index is 13.0. The number of pyridine rings is 1. The molecule has 24 heavy (non-hydrogen) atoms. The Kier molecular flexibility index (Phi) is 5.57. The molecule has 2 aromatic heterocycles. The van der Waals surface area contributed by atoms with Gasteiger partial charge in [0.05, 0.1) is 6.21 Å². The summed E-state index contributed by atoms with van der Waals surface area (Å²) in [6.07, 6.45) is 2.89. The van der Waals surface area contributed by atoms with Crippen molar-refractivity contribution in [1.29, 1.82) is 0 Å². The monoisotopic (exact) mass is 453 g/mol. The van der Waals surface area contributed by atoms with Crippen LogP contribution in [0.2, 0.25) is 0 Å². The first-order chi connectivity index (χ1) is 11.6. The topological polar surface area (TPSA) is 29.6 Å². The summed E-state index contributed by atoms with van der Waals surface area (Å²) in [5.74, 6) is 0. The number of halogens is 3. The van der Waals surface area contributed by atoms with Crippen LogP contribution in [0.1, 0.15) is 5.56 Å². The summed E-state index contributed by atoms with van der Waals surface area (Å²) in [7, 11) is -2.65. The van der Waals surface area contributed by atoms with Crippen LogP contribution in [-0.2, 0) is 0 Å². The normalized spacial score (nSPS) is 12.0. The van der Waals surface area contributed by atoms with Crippen LogP contribution in [-0.4, -0.2) is 18.1 Å². The predicted octanol–water partition coefficient (Wildman–Crippen LogP) is 4.53. The number of aromatic nitrogens is 1. The highest BCUT2D eigenvalue weighted by atomic mass is 127. The first-order valence-electron chi connectivity index (χ1n) is 7.00. The lowest BCUT2D eigenvalue weighted by molar-refractivity contribution is 0.618. The maximum Gasteiger partial charge on any atom is 0.678 e. The van der Waals surface area contributed by atoms with Gasteiger partial charge in [-0.2, -0.15) is 5.10 Å². The number of benzene rings is 1. The average molecular weight is 453 g/mol. The molecule has 2 heterocycles. The van der Waals surface area contributed by atoms with E-state index in [1.165, 1.54) is 17.1 Å². The zero-order chi connectivity index (χ0) is 16.9. The van der Waals surface area contributed by atoms with Gasteiger partial charge in [0, 0.05) is 14.6 Å². The van der Waals surface area contributed by atoms with Crippen molar-refractivity contribution in [3.63, 3.8) is 0 Å². The Morgan fingerprint density at radius 3 is 2.54 bits per heavy atom. The number of rotatable bonds is 4. The first kappa shape index (κ1) is 17.0. The standard InChI is InChI=1S/C16H11BF2IN3S/c18-17(19)23-11-14(20)7-8-16(23)22-21-10-12-3-5-13(6-4-12)15-2-1-9-24-15/h1-11H/b21-10+,22-16-. The molecule has 0 aliphatic heterocycles. The molecule has 0 amide bonds. The number of nitrogens with zero attached hydrogens (tertiary/aromatic N) is 3. The number of hydrogen-bond acceptors (Lipinski definition) is 3. The van der Waals surface area contributed by atoms with E-state index in [9.17, 15) is 8.63 Å². The second-order valence-corrected chi connectivity index (χ2v) is 7.03. The van der Waals surface area contributed by atoms with E-state index in [-0.39, 0.29) is 5.49 Å². The zero-order valence-electron chi connectivity index (χ0n) is 12.3. The molecule has 0 aliphatic carbocycles. The summed E-state index contributed by atoms with van der Waals surface area (Å²) in [5, 5.41) is 9.84. The highest BCUT2D eigenvalue weighted by Crippen LogP contribution is 2.24. The summed E-state index contributed by atoms with van der Waals surface area (Å²) in [6, 6.07) is 15.1. The van der Waals surface area contributed by atoms with E-state index < -0.39 is 7.40 Å². The molecule has 3 aromatic rings. The van der Waals surface area contributed by atoms with Gasteiger partial charge in [-0.1, -0.05) is 30.3 Å². The van der Waals surface area contributed by atoms with Gasteiger partial charge in [-0.05, 0) is 57.3 Å². The molecule has 3 nitrogen and oxygen atoms in total. The van der Waals surface area contributed by atoms with Crippen molar-refractivity contribution in [3.8, 4) is 10.4 Å². The Morgan fingerprint density at radius 1 is 1.08 bits per heavy atom. The van der Waals surface area contributed by atoms with Crippen LogP contribution >= 0.6 is 33.9 Å². The summed E-state index contributed by atoms with van der Waals surface area (Å²) < 4.78 is 27.5. The summed E-state index contributed by atoms with van der Waals surface area (Å²) in [5.41, 5.74) is 2.09. The smallest absolute Gasteiger partial charge is 0.314 e. The summed E-state index contributed by atoms with van der Waals surface area (Å²) >= 11 is 3.65. The molecular weight excluding hydrogens is 442 g/mol. The van der Waals surface area contributed by atoms with E-state index in [4.69, 9.17) is 0 Å². The fourth-order valence-corrected chi connectivity index (χ4v) is 3.27. The predicted molar refractivity (Wildman–Crippen MR) is 103 cm³/mol. The van der Waals surface area contributed by atoms with Crippen LogP contribution in [0.3, 0.4) is 0 Å². The molecule has 0 fully saturated rings. The second-order valence-electron chi connectivity index (χ2n) is 4.83. The third kappa shape index (κ3) is 4.18. The summed E-state index contributed by atoms with van der Waals surface area (Å²) in [4.78, 5) is 1.19. The average Bonchev–Trinajstić information content (AvgIpc) is 3.11. The van der Waals surface area contributed by atoms with E-state index in [1.54, 1.807) is 23.6 Å². The molecule has 120 valence electrons. The molecule has 0 spiro atoms. The second kappa shape index (κ2) is 7.84. The van der Waals surface area contributed by atoms with Crippen LogP contribution in [0.15, 0.2) is 70.3 Å². The van der Waals surface area contributed by atoms with Crippen molar-refractivity contribution in [2.75, 3.05) is 0 Å². The van der Waals surface area contributed by atoms with Crippen LogP contribution in [0.4, 0.5) is 8.63 Å². The van der Waals surface area contributed by atoms with Crippen LogP contribution in [0, 0.1) is 3.57 Å². The Bertz CT molecular complexity index is 906. The van der Waals surface area contributed by atoms with Crippen LogP contribution in [0.25, 0.3) is 10.4 Å². The van der Waals surface area contributed by atoms with Crippen molar-refractivity contribution >= 4 is 47.5 Å². The molecule has 0 atom stereocenters. The van der Waals surface area contributed by atoms with Gasteiger partial charge in [0.1, 0.15) is 5.49 Å². The Labute approximate surface area is 155 Å². The Morgan fingerprint density at radius 2 is 1.88 bits per heavy atom. The quantitative estimate of drug-likeness (QED) is 0.241. The molecule has 0 saturated carbocycles. The Balaban J connectivity index is 1.81. The van der Waals surface area contributed by atoms with Crippen LogP contribution in [0.5, 0.6) is 0 Å². The minimum Gasteiger partial charge on any atom is -0.314 e. The number of hydrogen-bond donors (Lipinski definition) is 0. The highest BCUT2D eigenvalue weighted by Gasteiger charge is 2.16. The molecule has 3 rings (SSSR count). The molecule has 0 radical (unpaired) electrons. The molecule has 0 aliphatic rings. The van der Waals surface area contributed by atoms with Gasteiger partial charge in [-0.3, -0.25) is 8.63 Å². The van der Waals surface area contributed by atoms with E-state index in [2.05, 4.69) is 16.3 Å². The summed E-state index contributed by atoms with van der Waals surface area (Å²) in [6.45, 7) is 0. The first-order valence-corrected chi connectivity index (χ1v) is 8.96. The Hall–Kier alpha value is -1.81. The lowest BCUT2D eigenvalue weighted by atomic mass is 10.1. The van der Waals surface area contributed by atoms with Crippen molar-refractivity contribution in [1.82, 2.24) is 4.48 Å². The van der Waals surface area contributed by atoms with Crippen molar-refractivity contribution in [2.45, 2.75) is 0 Å². The van der Waals surface area contributed by atoms with Crippen LogP contribution < -0.4 is 5.49 Å². The third-order valence-corrected chi connectivity index (χ3v) is 4.77. The molecular formula is C16H11BF2IN3S. The van der Waals surface area contributed by atoms with Gasteiger partial charge < -0.3 is 4.48 Å². The zero-order valence-corrected chi connectivity index (χ0v) is 15.3. The van der Waals surface area contributed by atoms with Gasteiger partial charge in [-0.15, -0.1) is 16.4 Å². The fourth-order valence-electron chi connectivity index (χ4n) is 2.05. The molecule has 8 heteroatoms. The fraction of sp³-hybridized carbons (Fsp3) is 0. The molecule has 0 bridgehead atoms. The van der Waals surface area contributed by atoms with Gasteiger partial charge in [0.25, 0.3) is 0 Å². The lowest BCUT2D eigenvalue weighted by Crippen LogP contribution is -2.28. The van der Waals surface area contributed by atoms with E-state index in [1.807, 2.05) is 58.3 Å². The van der Waals surface area contributed by atoms with Gasteiger partial charge in [-0.25, -0.2) is 0 Å². The highest BCUT2D eigenvalue weighted by molar-refractivity contribution is 14.1. The van der Waals surface area contributed by atoms with Crippen molar-refractivity contribution < 1.29 is 8.63 Å². The van der Waals surface area contributed by atoms with E-state index >= 15 is 0 Å². The molecule has 0 unspecified atom stereocenters. The van der Waals surface area contributed by atoms with Crippen molar-refractivity contribution in [2.24, 2.45) is 10.2 Å². The van der Waals surface area contributed by atoms with Gasteiger partial charge in [0.15, 0.2) is 0 Å². The van der Waals surface area contributed by atoms with E-state index in [0.717, 1.165) is 15.6 Å². The molecule has 0 saturated heterocycles. The SMILES string of the molecule is FB(F)n1cc(I)cc/c1=N/N=C/c1ccc(-c2cccs2)cc1. The van der Waals surface area contributed by atoms with E-state index in [0.29, 0.717) is 3.57 Å². The number of thiophene rings is 1. The van der Waals surface area contributed by atoms with Gasteiger partial charge in [0.2, 0.25) is 0 Å². The van der Waals surface area contributed by atoms with Gasteiger partial charge >= 0.3 is 7.40 Å². The third-order valence-electron chi connectivity index (χ3n) is 3.21. The lowest BCUT2D eigenvalue weighted by Gasteiger charge is -2.02. The van der Waals surface area contributed by atoms with Crippen molar-refractivity contribution in [3.05, 3.63) is 74.7 Å². The molecule has 1 aromatic carbocycles. The largest absolute Gasteiger partial charge is 0.678 e. The molecule has 0 N–H and O–H groups in total. The minimum atomic E-state index is -2.65. The maximum absolute atomic E-state index is 13.0.